The maximum absolute atomic E-state index is 12.4. The average molecular weight is 420 g/mol. The van der Waals surface area contributed by atoms with Crippen molar-refractivity contribution in [2.45, 2.75) is 25.4 Å². The Hall–Kier alpha value is -3.39. The minimum Gasteiger partial charge on any atom is -0.463 e. The van der Waals surface area contributed by atoms with Crippen LogP contribution in [0.15, 0.2) is 69.0 Å². The Balaban J connectivity index is 1.44. The second-order valence-electron chi connectivity index (χ2n) is 6.66. The van der Waals surface area contributed by atoms with E-state index in [-0.39, 0.29) is 5.91 Å². The fourth-order valence-electron chi connectivity index (χ4n) is 2.99. The van der Waals surface area contributed by atoms with E-state index in [1.54, 1.807) is 30.7 Å². The van der Waals surface area contributed by atoms with Crippen molar-refractivity contribution in [1.82, 2.24) is 15.2 Å². The molecule has 0 atom stereocenters. The molecule has 0 aliphatic rings. The smallest absolute Gasteiger partial charge is 0.225 e. The lowest BCUT2D eigenvalue weighted by atomic mass is 10.1. The summed E-state index contributed by atoms with van der Waals surface area (Å²) >= 11 is 1.37. The summed E-state index contributed by atoms with van der Waals surface area (Å²) in [5.74, 6) is 1.61. The Morgan fingerprint density at radius 2 is 1.60 bits per heavy atom. The summed E-state index contributed by atoms with van der Waals surface area (Å²) in [4.78, 5) is 16.9. The van der Waals surface area contributed by atoms with Gasteiger partial charge in [-0.25, -0.2) is 4.98 Å². The number of furan rings is 2. The monoisotopic (exact) mass is 420 g/mol. The van der Waals surface area contributed by atoms with Crippen LogP contribution in [0.4, 0.5) is 5.69 Å². The Morgan fingerprint density at radius 3 is 2.23 bits per heavy atom. The van der Waals surface area contributed by atoms with Gasteiger partial charge < -0.3 is 14.2 Å². The molecular formula is C22H20N4O3S. The molecule has 0 aliphatic heterocycles. The number of nitrogens with one attached hydrogen (secondary N) is 1. The maximum Gasteiger partial charge on any atom is 0.225 e. The first-order valence-corrected chi connectivity index (χ1v) is 10.4. The molecule has 1 aromatic carbocycles. The number of aryl methyl sites for hydroxylation is 2. The first-order valence-electron chi connectivity index (χ1n) is 9.43. The van der Waals surface area contributed by atoms with Gasteiger partial charge >= 0.3 is 0 Å². The highest BCUT2D eigenvalue weighted by molar-refractivity contribution is 7.99. The van der Waals surface area contributed by atoms with Crippen molar-refractivity contribution in [1.29, 1.82) is 0 Å². The summed E-state index contributed by atoms with van der Waals surface area (Å²) in [7, 11) is 0. The van der Waals surface area contributed by atoms with E-state index in [1.807, 2.05) is 38.1 Å². The van der Waals surface area contributed by atoms with Crippen molar-refractivity contribution in [3.05, 3.63) is 66.1 Å². The number of rotatable bonds is 7. The molecule has 0 saturated heterocycles. The standard InChI is InChI=1S/C22H20N4O3S/c1-14-6-3-7-15(2)19(14)23-18(27)10-13-30-22-24-20(16-8-4-11-28-16)21(25-26-22)17-9-5-12-29-17/h3-9,11-12H,10,13H2,1-2H3,(H,23,27). The molecule has 0 radical (unpaired) electrons. The van der Waals surface area contributed by atoms with E-state index in [4.69, 9.17) is 8.83 Å². The van der Waals surface area contributed by atoms with E-state index >= 15 is 0 Å². The van der Waals surface area contributed by atoms with Gasteiger partial charge in [-0.1, -0.05) is 30.0 Å². The van der Waals surface area contributed by atoms with Crippen LogP contribution < -0.4 is 5.32 Å². The number of aromatic nitrogens is 3. The second kappa shape index (κ2) is 8.96. The van der Waals surface area contributed by atoms with E-state index in [0.29, 0.717) is 40.2 Å². The summed E-state index contributed by atoms with van der Waals surface area (Å²) in [6.45, 7) is 3.96. The molecule has 152 valence electrons. The van der Waals surface area contributed by atoms with Gasteiger partial charge in [0.1, 0.15) is 5.69 Å². The lowest BCUT2D eigenvalue weighted by Crippen LogP contribution is -2.14. The number of benzene rings is 1. The van der Waals surface area contributed by atoms with Crippen LogP contribution in [0.25, 0.3) is 22.9 Å². The average Bonchev–Trinajstić information content (AvgIpc) is 3.45. The SMILES string of the molecule is Cc1cccc(C)c1NC(=O)CCSc1nnc(-c2ccco2)c(-c2ccco2)n1. The van der Waals surface area contributed by atoms with Crippen LogP contribution in [-0.4, -0.2) is 26.8 Å². The Bertz CT molecular complexity index is 1120. The predicted molar refractivity (Wildman–Crippen MR) is 115 cm³/mol. The van der Waals surface area contributed by atoms with Crippen molar-refractivity contribution in [2.75, 3.05) is 11.1 Å². The second-order valence-corrected chi connectivity index (χ2v) is 7.72. The normalized spacial score (nSPS) is 10.9. The summed E-state index contributed by atoms with van der Waals surface area (Å²) < 4.78 is 10.9. The lowest BCUT2D eigenvalue weighted by molar-refractivity contribution is -0.115. The number of amides is 1. The van der Waals surface area contributed by atoms with E-state index in [2.05, 4.69) is 20.5 Å². The predicted octanol–water partition coefficient (Wildman–Crippen LogP) is 5.13. The molecule has 0 bridgehead atoms. The third kappa shape index (κ3) is 4.44. The molecule has 1 amide bonds. The zero-order valence-electron chi connectivity index (χ0n) is 16.6. The first kappa shape index (κ1) is 19.9. The molecule has 3 aromatic heterocycles. The van der Waals surface area contributed by atoms with Crippen molar-refractivity contribution < 1.29 is 13.6 Å². The molecule has 0 unspecified atom stereocenters. The summed E-state index contributed by atoms with van der Waals surface area (Å²) in [5, 5.41) is 11.9. The summed E-state index contributed by atoms with van der Waals surface area (Å²) in [5.41, 5.74) is 4.01. The highest BCUT2D eigenvalue weighted by Crippen LogP contribution is 2.30. The molecule has 3 heterocycles. The number of nitrogens with zero attached hydrogens (tertiary/aromatic N) is 3. The van der Waals surface area contributed by atoms with E-state index < -0.39 is 0 Å². The number of hydrogen-bond acceptors (Lipinski definition) is 7. The summed E-state index contributed by atoms with van der Waals surface area (Å²) in [6, 6.07) is 13.1. The molecule has 7 nitrogen and oxygen atoms in total. The third-order valence-corrected chi connectivity index (χ3v) is 5.32. The van der Waals surface area contributed by atoms with Crippen molar-refractivity contribution >= 4 is 23.4 Å². The Kier molecular flexibility index (Phi) is 5.94. The molecule has 0 fully saturated rings. The molecule has 1 N–H and O–H groups in total. The molecule has 0 aliphatic carbocycles. The fraction of sp³-hybridized carbons (Fsp3) is 0.182. The van der Waals surface area contributed by atoms with Crippen LogP contribution >= 0.6 is 11.8 Å². The summed E-state index contributed by atoms with van der Waals surface area (Å²) in [6.07, 6.45) is 3.48. The number of carbonyl (C=O) groups excluding carboxylic acids is 1. The van der Waals surface area contributed by atoms with E-state index in [1.165, 1.54) is 11.8 Å². The van der Waals surface area contributed by atoms with Crippen LogP contribution in [0.5, 0.6) is 0 Å². The van der Waals surface area contributed by atoms with Crippen LogP contribution in [0.3, 0.4) is 0 Å². The van der Waals surface area contributed by atoms with E-state index in [9.17, 15) is 4.79 Å². The van der Waals surface area contributed by atoms with Gasteiger partial charge in [0.2, 0.25) is 11.1 Å². The fourth-order valence-corrected chi connectivity index (χ4v) is 3.71. The van der Waals surface area contributed by atoms with Gasteiger partial charge in [-0.15, -0.1) is 10.2 Å². The third-order valence-electron chi connectivity index (χ3n) is 4.48. The van der Waals surface area contributed by atoms with E-state index in [0.717, 1.165) is 16.8 Å². The molecule has 0 spiro atoms. The molecule has 4 aromatic rings. The number of hydrogen-bond donors (Lipinski definition) is 1. The van der Waals surface area contributed by atoms with Crippen LogP contribution in [-0.2, 0) is 4.79 Å². The van der Waals surface area contributed by atoms with Crippen LogP contribution in [0, 0.1) is 13.8 Å². The number of para-hydroxylation sites is 1. The minimum absolute atomic E-state index is 0.0497. The van der Waals surface area contributed by atoms with Gasteiger partial charge in [-0.2, -0.15) is 0 Å². The highest BCUT2D eigenvalue weighted by Gasteiger charge is 2.18. The molecule has 4 rings (SSSR count). The zero-order valence-corrected chi connectivity index (χ0v) is 17.4. The molecule has 0 saturated carbocycles. The zero-order chi connectivity index (χ0) is 20.9. The first-order chi connectivity index (χ1) is 14.6. The quantitative estimate of drug-likeness (QED) is 0.414. The molecule has 30 heavy (non-hydrogen) atoms. The van der Waals surface area contributed by atoms with Gasteiger partial charge in [-0.3, -0.25) is 4.79 Å². The number of carbonyl (C=O) groups is 1. The van der Waals surface area contributed by atoms with Crippen LogP contribution in [0.2, 0.25) is 0 Å². The highest BCUT2D eigenvalue weighted by atomic mass is 32.2. The number of anilines is 1. The van der Waals surface area contributed by atoms with Gasteiger partial charge in [0.25, 0.3) is 0 Å². The van der Waals surface area contributed by atoms with Crippen molar-refractivity contribution in [3.63, 3.8) is 0 Å². The Morgan fingerprint density at radius 1 is 0.933 bits per heavy atom. The van der Waals surface area contributed by atoms with Gasteiger partial charge in [0.05, 0.1) is 12.5 Å². The van der Waals surface area contributed by atoms with Gasteiger partial charge in [0.15, 0.2) is 17.2 Å². The largest absolute Gasteiger partial charge is 0.463 e. The Labute approximate surface area is 177 Å². The van der Waals surface area contributed by atoms with Crippen molar-refractivity contribution in [2.24, 2.45) is 0 Å². The molecular weight excluding hydrogens is 400 g/mol. The topological polar surface area (TPSA) is 94.1 Å². The maximum atomic E-state index is 12.4. The van der Waals surface area contributed by atoms with Gasteiger partial charge in [0, 0.05) is 17.9 Å². The lowest BCUT2D eigenvalue weighted by Gasteiger charge is -2.11. The van der Waals surface area contributed by atoms with Gasteiger partial charge in [-0.05, 0) is 49.2 Å². The minimum atomic E-state index is -0.0497. The molecule has 8 heteroatoms. The van der Waals surface area contributed by atoms with Crippen LogP contribution in [0.1, 0.15) is 17.5 Å². The van der Waals surface area contributed by atoms with Crippen molar-refractivity contribution in [3.8, 4) is 22.9 Å². The number of thioether (sulfide) groups is 1.